The number of benzene rings is 2. The van der Waals surface area contributed by atoms with Crippen molar-refractivity contribution in [3.8, 4) is 0 Å². The molecule has 1 aromatic heterocycles. The molecular formula is C17H18ClN3. The van der Waals surface area contributed by atoms with Crippen LogP contribution in [-0.4, -0.2) is 22.6 Å². The molecule has 0 fully saturated rings. The highest BCUT2D eigenvalue weighted by Crippen LogP contribution is 2.15. The summed E-state index contributed by atoms with van der Waals surface area (Å²) in [5, 5.41) is 4.16. The van der Waals surface area contributed by atoms with Crippen molar-refractivity contribution in [1.29, 1.82) is 0 Å². The monoisotopic (exact) mass is 299 g/mol. The smallest absolute Gasteiger partial charge is 0.0958 e. The van der Waals surface area contributed by atoms with E-state index in [0.717, 1.165) is 23.5 Å². The van der Waals surface area contributed by atoms with Crippen molar-refractivity contribution < 1.29 is 0 Å². The number of aromatic nitrogens is 2. The average Bonchev–Trinajstić information content (AvgIpc) is 2.92. The second kappa shape index (κ2) is 6.29. The van der Waals surface area contributed by atoms with E-state index in [2.05, 4.69) is 33.1 Å². The van der Waals surface area contributed by atoms with E-state index in [9.17, 15) is 0 Å². The molecule has 0 aliphatic heterocycles. The first-order valence-electron chi connectivity index (χ1n) is 7.08. The molecule has 4 heteroatoms. The summed E-state index contributed by atoms with van der Waals surface area (Å²) in [6.07, 6.45) is 2.87. The Morgan fingerprint density at radius 3 is 2.67 bits per heavy atom. The molecule has 0 bridgehead atoms. The van der Waals surface area contributed by atoms with E-state index in [0.29, 0.717) is 6.04 Å². The number of nitrogens with one attached hydrogen (secondary N) is 1. The van der Waals surface area contributed by atoms with Crippen LogP contribution in [0.15, 0.2) is 54.9 Å². The molecule has 108 valence electrons. The number of halogens is 1. The summed E-state index contributed by atoms with van der Waals surface area (Å²) in [5.41, 5.74) is 3.50. The van der Waals surface area contributed by atoms with Crippen molar-refractivity contribution in [1.82, 2.24) is 14.9 Å². The Kier molecular flexibility index (Phi) is 4.23. The Balaban J connectivity index is 1.76. The van der Waals surface area contributed by atoms with Gasteiger partial charge in [0.05, 0.1) is 17.4 Å². The second-order valence-corrected chi connectivity index (χ2v) is 5.64. The number of rotatable bonds is 5. The van der Waals surface area contributed by atoms with Crippen molar-refractivity contribution in [3.05, 3.63) is 65.4 Å². The molecule has 0 spiro atoms. The highest BCUT2D eigenvalue weighted by molar-refractivity contribution is 6.30. The quantitative estimate of drug-likeness (QED) is 0.781. The van der Waals surface area contributed by atoms with E-state index in [4.69, 9.17) is 11.6 Å². The zero-order valence-corrected chi connectivity index (χ0v) is 12.7. The van der Waals surface area contributed by atoms with Gasteiger partial charge in [-0.1, -0.05) is 35.9 Å². The van der Waals surface area contributed by atoms with E-state index in [1.54, 1.807) is 0 Å². The molecule has 0 saturated heterocycles. The molecule has 0 saturated carbocycles. The maximum atomic E-state index is 5.93. The molecule has 3 nitrogen and oxygen atoms in total. The Bertz CT molecular complexity index is 718. The van der Waals surface area contributed by atoms with Crippen molar-refractivity contribution in [2.75, 3.05) is 7.05 Å². The van der Waals surface area contributed by atoms with Crippen molar-refractivity contribution in [3.63, 3.8) is 0 Å². The van der Waals surface area contributed by atoms with Crippen molar-refractivity contribution >= 4 is 22.6 Å². The van der Waals surface area contributed by atoms with Gasteiger partial charge in [0, 0.05) is 17.6 Å². The first-order chi connectivity index (χ1) is 10.3. The molecule has 3 aromatic rings. The summed E-state index contributed by atoms with van der Waals surface area (Å²) < 4.78 is 2.20. The zero-order chi connectivity index (χ0) is 14.7. The van der Waals surface area contributed by atoms with Crippen LogP contribution in [0.4, 0.5) is 0 Å². The molecule has 3 rings (SSSR count). The number of likely N-dealkylation sites (N-methyl/N-ethyl adjacent to an activating group) is 1. The highest BCUT2D eigenvalue weighted by Gasteiger charge is 2.10. The van der Waals surface area contributed by atoms with Crippen LogP contribution in [0.25, 0.3) is 11.0 Å². The summed E-state index contributed by atoms with van der Waals surface area (Å²) in [6.45, 7) is 0.889. The standard InChI is InChI=1S/C17H18ClN3/c1-19-15(10-13-6-8-14(18)9-7-13)11-21-12-20-16-4-2-3-5-17(16)21/h2-9,12,15,19H,10-11H2,1H3. The van der Waals surface area contributed by atoms with Crippen LogP contribution in [0.5, 0.6) is 0 Å². The van der Waals surface area contributed by atoms with Gasteiger partial charge in [0.1, 0.15) is 0 Å². The highest BCUT2D eigenvalue weighted by atomic mass is 35.5. The zero-order valence-electron chi connectivity index (χ0n) is 12.0. The van der Waals surface area contributed by atoms with Crippen LogP contribution < -0.4 is 5.32 Å². The molecule has 0 aliphatic carbocycles. The molecular weight excluding hydrogens is 282 g/mol. The van der Waals surface area contributed by atoms with Gasteiger partial charge in [0.15, 0.2) is 0 Å². The van der Waals surface area contributed by atoms with Gasteiger partial charge in [-0.3, -0.25) is 0 Å². The van der Waals surface area contributed by atoms with Crippen LogP contribution in [0.3, 0.4) is 0 Å². The van der Waals surface area contributed by atoms with Crippen LogP contribution in [-0.2, 0) is 13.0 Å². The van der Waals surface area contributed by atoms with Gasteiger partial charge < -0.3 is 9.88 Å². The number of para-hydroxylation sites is 2. The van der Waals surface area contributed by atoms with Gasteiger partial charge >= 0.3 is 0 Å². The second-order valence-electron chi connectivity index (χ2n) is 5.20. The fraction of sp³-hybridized carbons (Fsp3) is 0.235. The largest absolute Gasteiger partial charge is 0.329 e. The van der Waals surface area contributed by atoms with E-state index in [-0.39, 0.29) is 0 Å². The molecule has 0 radical (unpaired) electrons. The maximum Gasteiger partial charge on any atom is 0.0958 e. The Morgan fingerprint density at radius 2 is 1.90 bits per heavy atom. The normalized spacial score (nSPS) is 12.7. The minimum atomic E-state index is 0.351. The number of hydrogen-bond acceptors (Lipinski definition) is 2. The van der Waals surface area contributed by atoms with E-state index in [1.165, 1.54) is 11.1 Å². The van der Waals surface area contributed by atoms with Crippen LogP contribution >= 0.6 is 11.6 Å². The summed E-state index contributed by atoms with van der Waals surface area (Å²) in [7, 11) is 2.00. The van der Waals surface area contributed by atoms with Crippen LogP contribution in [0.2, 0.25) is 5.02 Å². The Morgan fingerprint density at radius 1 is 1.14 bits per heavy atom. The molecule has 2 aromatic carbocycles. The number of imidazole rings is 1. The molecule has 21 heavy (non-hydrogen) atoms. The number of hydrogen-bond donors (Lipinski definition) is 1. The van der Waals surface area contributed by atoms with E-state index < -0.39 is 0 Å². The first kappa shape index (κ1) is 14.1. The molecule has 0 aliphatic rings. The lowest BCUT2D eigenvalue weighted by molar-refractivity contribution is 0.485. The lowest BCUT2D eigenvalue weighted by Gasteiger charge is -2.17. The summed E-state index contributed by atoms with van der Waals surface area (Å²) >= 11 is 5.93. The molecule has 1 atom stereocenters. The SMILES string of the molecule is CNC(Cc1ccc(Cl)cc1)Cn1cnc2ccccc21. The molecule has 1 unspecified atom stereocenters. The van der Waals surface area contributed by atoms with Crippen molar-refractivity contribution in [2.45, 2.75) is 19.0 Å². The molecule has 0 amide bonds. The van der Waals surface area contributed by atoms with Gasteiger partial charge in [-0.15, -0.1) is 0 Å². The third-order valence-electron chi connectivity index (χ3n) is 3.75. The Hall–Kier alpha value is -1.84. The predicted octanol–water partition coefficient (Wildman–Crippen LogP) is 3.52. The topological polar surface area (TPSA) is 29.9 Å². The van der Waals surface area contributed by atoms with Gasteiger partial charge in [-0.2, -0.15) is 0 Å². The van der Waals surface area contributed by atoms with E-state index >= 15 is 0 Å². The molecule has 1 heterocycles. The average molecular weight is 300 g/mol. The lowest BCUT2D eigenvalue weighted by atomic mass is 10.1. The van der Waals surface area contributed by atoms with Gasteiger partial charge in [-0.05, 0) is 43.3 Å². The van der Waals surface area contributed by atoms with E-state index in [1.807, 2.05) is 43.7 Å². The molecule has 1 N–H and O–H groups in total. The van der Waals surface area contributed by atoms with Gasteiger partial charge in [0.2, 0.25) is 0 Å². The summed E-state index contributed by atoms with van der Waals surface area (Å²) in [4.78, 5) is 4.44. The van der Waals surface area contributed by atoms with Crippen LogP contribution in [0, 0.1) is 0 Å². The van der Waals surface area contributed by atoms with Crippen LogP contribution in [0.1, 0.15) is 5.56 Å². The fourth-order valence-corrected chi connectivity index (χ4v) is 2.68. The number of fused-ring (bicyclic) bond motifs is 1. The third kappa shape index (κ3) is 3.26. The summed E-state index contributed by atoms with van der Waals surface area (Å²) in [6, 6.07) is 16.6. The predicted molar refractivity (Wildman–Crippen MR) is 87.7 cm³/mol. The maximum absolute atomic E-state index is 5.93. The van der Waals surface area contributed by atoms with Gasteiger partial charge in [-0.25, -0.2) is 4.98 Å². The lowest BCUT2D eigenvalue weighted by Crippen LogP contribution is -2.32. The third-order valence-corrected chi connectivity index (χ3v) is 4.00. The first-order valence-corrected chi connectivity index (χ1v) is 7.45. The van der Waals surface area contributed by atoms with Crippen molar-refractivity contribution in [2.24, 2.45) is 0 Å². The number of nitrogens with zero attached hydrogens (tertiary/aromatic N) is 2. The van der Waals surface area contributed by atoms with Gasteiger partial charge in [0.25, 0.3) is 0 Å². The Labute approximate surface area is 129 Å². The minimum absolute atomic E-state index is 0.351. The summed E-state index contributed by atoms with van der Waals surface area (Å²) in [5.74, 6) is 0. The minimum Gasteiger partial charge on any atom is -0.329 e. The fourth-order valence-electron chi connectivity index (χ4n) is 2.56.